The van der Waals surface area contributed by atoms with Crippen LogP contribution < -0.4 is 10.1 Å². The van der Waals surface area contributed by atoms with Crippen molar-refractivity contribution < 1.29 is 4.74 Å². The van der Waals surface area contributed by atoms with Crippen molar-refractivity contribution in [2.24, 2.45) is 0 Å². The monoisotopic (exact) mass is 284 g/mol. The van der Waals surface area contributed by atoms with Crippen LogP contribution in [0, 0.1) is 0 Å². The number of aromatic nitrogens is 1. The van der Waals surface area contributed by atoms with Gasteiger partial charge < -0.3 is 10.1 Å². The lowest BCUT2D eigenvalue weighted by atomic mass is 10.0. The highest BCUT2D eigenvalue weighted by Crippen LogP contribution is 2.22. The van der Waals surface area contributed by atoms with Crippen molar-refractivity contribution in [1.82, 2.24) is 10.3 Å². The molecule has 112 valence electrons. The fraction of sp³-hybridized carbons (Fsp3) is 0.389. The van der Waals surface area contributed by atoms with Gasteiger partial charge in [-0.2, -0.15) is 0 Å². The molecule has 0 amide bonds. The van der Waals surface area contributed by atoms with Gasteiger partial charge in [0, 0.05) is 12.2 Å². The number of benzene rings is 1. The van der Waals surface area contributed by atoms with Gasteiger partial charge in [0.2, 0.25) is 0 Å². The molecule has 0 aliphatic rings. The van der Waals surface area contributed by atoms with E-state index in [1.807, 2.05) is 27.1 Å². The summed E-state index contributed by atoms with van der Waals surface area (Å²) in [6, 6.07) is 12.9. The van der Waals surface area contributed by atoms with Gasteiger partial charge in [0.15, 0.2) is 0 Å². The summed E-state index contributed by atoms with van der Waals surface area (Å²) in [5.74, 6) is 0.836. The lowest BCUT2D eigenvalue weighted by Gasteiger charge is -2.18. The maximum absolute atomic E-state index is 5.72. The third kappa shape index (κ3) is 4.87. The van der Waals surface area contributed by atoms with Gasteiger partial charge in [-0.05, 0) is 50.9 Å². The number of hydrogen-bond acceptors (Lipinski definition) is 3. The number of ether oxygens (including phenoxy) is 1. The second kappa shape index (κ2) is 7.79. The Bertz CT molecular complexity index is 540. The van der Waals surface area contributed by atoms with Crippen LogP contribution >= 0.6 is 0 Å². The minimum absolute atomic E-state index is 0.166. The first-order valence-corrected chi connectivity index (χ1v) is 7.52. The Balaban J connectivity index is 2.03. The molecule has 1 heterocycles. The molecule has 0 fully saturated rings. The van der Waals surface area contributed by atoms with E-state index in [1.54, 1.807) is 6.20 Å². The minimum Gasteiger partial charge on any atom is -0.489 e. The molecule has 1 N–H and O–H groups in total. The fourth-order valence-electron chi connectivity index (χ4n) is 2.40. The van der Waals surface area contributed by atoms with Gasteiger partial charge in [0.05, 0.1) is 12.3 Å². The zero-order chi connectivity index (χ0) is 15.1. The largest absolute Gasteiger partial charge is 0.489 e. The number of nitrogens with one attached hydrogen (secondary N) is 1. The summed E-state index contributed by atoms with van der Waals surface area (Å²) in [6.07, 6.45) is 5.93. The molecule has 2 aromatic rings. The Morgan fingerprint density at radius 3 is 2.57 bits per heavy atom. The van der Waals surface area contributed by atoms with Crippen LogP contribution in [0.1, 0.15) is 37.4 Å². The quantitative estimate of drug-likeness (QED) is 0.840. The number of nitrogens with zero attached hydrogens (tertiary/aromatic N) is 1. The van der Waals surface area contributed by atoms with Gasteiger partial charge in [-0.15, -0.1) is 0 Å². The zero-order valence-electron chi connectivity index (χ0n) is 13.0. The topological polar surface area (TPSA) is 34.2 Å². The number of aryl methyl sites for hydroxylation is 1. The molecule has 3 nitrogen and oxygen atoms in total. The van der Waals surface area contributed by atoms with Crippen LogP contribution in [0.4, 0.5) is 0 Å². The summed E-state index contributed by atoms with van der Waals surface area (Å²) in [6.45, 7) is 4.05. The van der Waals surface area contributed by atoms with Crippen LogP contribution in [0.2, 0.25) is 0 Å². The van der Waals surface area contributed by atoms with Crippen molar-refractivity contribution in [3.63, 3.8) is 0 Å². The summed E-state index contributed by atoms with van der Waals surface area (Å²) in [7, 11) is 1.99. The third-order valence-electron chi connectivity index (χ3n) is 3.42. The first kappa shape index (κ1) is 15.5. The van der Waals surface area contributed by atoms with Crippen molar-refractivity contribution in [1.29, 1.82) is 0 Å². The minimum atomic E-state index is 0.166. The van der Waals surface area contributed by atoms with Crippen LogP contribution in [0.15, 0.2) is 48.8 Å². The Kier molecular flexibility index (Phi) is 5.76. The van der Waals surface area contributed by atoms with Crippen molar-refractivity contribution in [3.05, 3.63) is 59.9 Å². The van der Waals surface area contributed by atoms with Crippen molar-refractivity contribution in [2.45, 2.75) is 38.8 Å². The molecule has 0 spiro atoms. The predicted molar refractivity (Wildman–Crippen MR) is 86.6 cm³/mol. The van der Waals surface area contributed by atoms with Crippen molar-refractivity contribution in [3.8, 4) is 5.75 Å². The zero-order valence-corrected chi connectivity index (χ0v) is 13.0. The summed E-state index contributed by atoms with van der Waals surface area (Å²) in [5.41, 5.74) is 2.53. The van der Waals surface area contributed by atoms with E-state index >= 15 is 0 Å². The highest BCUT2D eigenvalue weighted by atomic mass is 16.5. The maximum atomic E-state index is 5.72. The van der Waals surface area contributed by atoms with E-state index in [2.05, 4.69) is 46.7 Å². The number of rotatable bonds is 7. The highest BCUT2D eigenvalue weighted by Gasteiger charge is 2.11. The molecule has 2 rings (SSSR count). The molecular formula is C18H24N2O. The fourth-order valence-corrected chi connectivity index (χ4v) is 2.40. The Labute approximate surface area is 127 Å². The van der Waals surface area contributed by atoms with E-state index in [4.69, 9.17) is 4.74 Å². The van der Waals surface area contributed by atoms with Crippen LogP contribution in [-0.2, 0) is 6.42 Å². The van der Waals surface area contributed by atoms with E-state index in [-0.39, 0.29) is 12.1 Å². The van der Waals surface area contributed by atoms with Gasteiger partial charge in [0.1, 0.15) is 5.75 Å². The maximum Gasteiger partial charge on any atom is 0.138 e. The van der Waals surface area contributed by atoms with Crippen molar-refractivity contribution in [2.75, 3.05) is 7.05 Å². The molecule has 0 bridgehead atoms. The van der Waals surface area contributed by atoms with Crippen LogP contribution in [0.5, 0.6) is 5.75 Å². The first-order chi connectivity index (χ1) is 10.2. The standard InChI is InChI=1S/C18H24N2O/c1-14(2)21-17-11-16(12-20-13-17)18(19-3)10-9-15-7-5-4-6-8-15/h4-8,11-14,18-19H,9-10H2,1-3H3. The molecule has 0 saturated carbocycles. The summed E-state index contributed by atoms with van der Waals surface area (Å²) >= 11 is 0. The highest BCUT2D eigenvalue weighted by molar-refractivity contribution is 5.26. The van der Waals surface area contributed by atoms with Gasteiger partial charge in [-0.3, -0.25) is 4.98 Å². The molecule has 0 aliphatic carbocycles. The molecule has 1 unspecified atom stereocenters. The molecule has 0 saturated heterocycles. The first-order valence-electron chi connectivity index (χ1n) is 7.52. The lowest BCUT2D eigenvalue weighted by Crippen LogP contribution is -2.17. The Hall–Kier alpha value is -1.87. The van der Waals surface area contributed by atoms with Gasteiger partial charge in [-0.1, -0.05) is 30.3 Å². The molecule has 1 atom stereocenters. The second-order valence-corrected chi connectivity index (χ2v) is 5.49. The van der Waals surface area contributed by atoms with Crippen LogP contribution in [0.25, 0.3) is 0 Å². The van der Waals surface area contributed by atoms with E-state index in [0.29, 0.717) is 0 Å². The van der Waals surface area contributed by atoms with Crippen molar-refractivity contribution >= 4 is 0 Å². The molecular weight excluding hydrogens is 260 g/mol. The average molecular weight is 284 g/mol. The smallest absolute Gasteiger partial charge is 0.138 e. The van der Waals surface area contributed by atoms with Gasteiger partial charge >= 0.3 is 0 Å². The number of pyridine rings is 1. The molecule has 3 heteroatoms. The molecule has 0 aliphatic heterocycles. The van der Waals surface area contributed by atoms with E-state index in [9.17, 15) is 0 Å². The predicted octanol–water partition coefficient (Wildman–Crippen LogP) is 3.76. The van der Waals surface area contributed by atoms with Crippen LogP contribution in [-0.4, -0.2) is 18.1 Å². The Morgan fingerprint density at radius 2 is 1.90 bits per heavy atom. The Morgan fingerprint density at radius 1 is 1.14 bits per heavy atom. The van der Waals surface area contributed by atoms with Crippen LogP contribution in [0.3, 0.4) is 0 Å². The second-order valence-electron chi connectivity index (χ2n) is 5.49. The molecule has 1 aromatic carbocycles. The average Bonchev–Trinajstić information content (AvgIpc) is 2.49. The van der Waals surface area contributed by atoms with Gasteiger partial charge in [-0.25, -0.2) is 0 Å². The molecule has 0 radical (unpaired) electrons. The molecule has 21 heavy (non-hydrogen) atoms. The lowest BCUT2D eigenvalue weighted by molar-refractivity contribution is 0.241. The number of hydrogen-bond donors (Lipinski definition) is 1. The summed E-state index contributed by atoms with van der Waals surface area (Å²) in [4.78, 5) is 4.30. The molecule has 1 aromatic heterocycles. The third-order valence-corrected chi connectivity index (χ3v) is 3.42. The SMILES string of the molecule is CNC(CCc1ccccc1)c1cncc(OC(C)C)c1. The summed E-state index contributed by atoms with van der Waals surface area (Å²) in [5, 5.41) is 3.37. The van der Waals surface area contributed by atoms with E-state index in [1.165, 1.54) is 11.1 Å². The van der Waals surface area contributed by atoms with E-state index in [0.717, 1.165) is 18.6 Å². The van der Waals surface area contributed by atoms with Gasteiger partial charge in [0.25, 0.3) is 0 Å². The normalized spacial score (nSPS) is 12.4. The summed E-state index contributed by atoms with van der Waals surface area (Å²) < 4.78 is 5.72. The van der Waals surface area contributed by atoms with E-state index < -0.39 is 0 Å².